The van der Waals surface area contributed by atoms with Crippen molar-refractivity contribution in [2.75, 3.05) is 47.0 Å². The fraction of sp³-hybridized carbons (Fsp3) is 0.364. The lowest BCUT2D eigenvalue weighted by Gasteiger charge is -2.34. The third kappa shape index (κ3) is 5.48. The maximum atomic E-state index is 12.4. The van der Waals surface area contributed by atoms with Crippen molar-refractivity contribution in [1.29, 1.82) is 0 Å². The van der Waals surface area contributed by atoms with Crippen molar-refractivity contribution in [2.45, 2.75) is 6.54 Å². The summed E-state index contributed by atoms with van der Waals surface area (Å²) in [5, 5.41) is 0. The third-order valence-corrected chi connectivity index (χ3v) is 4.93. The van der Waals surface area contributed by atoms with Crippen molar-refractivity contribution in [2.24, 2.45) is 0 Å². The number of amides is 1. The molecule has 3 rings (SSSR count). The molecule has 1 heterocycles. The van der Waals surface area contributed by atoms with Crippen molar-refractivity contribution in [3.8, 4) is 11.5 Å². The molecule has 7 nitrogen and oxygen atoms in total. The Balaban J connectivity index is 1.47. The number of hydrogen-bond acceptors (Lipinski definition) is 6. The Bertz CT molecular complexity index is 832. The van der Waals surface area contributed by atoms with E-state index < -0.39 is 5.97 Å². The predicted molar refractivity (Wildman–Crippen MR) is 108 cm³/mol. The van der Waals surface area contributed by atoms with Gasteiger partial charge in [-0.25, -0.2) is 4.79 Å². The highest BCUT2D eigenvalue weighted by Gasteiger charge is 2.23. The van der Waals surface area contributed by atoms with Gasteiger partial charge in [-0.05, 0) is 17.7 Å². The fourth-order valence-electron chi connectivity index (χ4n) is 3.26. The van der Waals surface area contributed by atoms with Gasteiger partial charge in [-0.15, -0.1) is 0 Å². The number of piperazine rings is 1. The number of benzene rings is 2. The molecule has 1 aliphatic heterocycles. The molecule has 0 aliphatic carbocycles. The maximum Gasteiger partial charge on any atom is 0.342 e. The van der Waals surface area contributed by atoms with Crippen LogP contribution in [0, 0.1) is 0 Å². The minimum Gasteiger partial charge on any atom is -0.497 e. The van der Waals surface area contributed by atoms with Crippen molar-refractivity contribution in [3.05, 3.63) is 59.7 Å². The molecule has 1 aliphatic rings. The van der Waals surface area contributed by atoms with E-state index in [1.165, 1.54) is 19.8 Å². The topological polar surface area (TPSA) is 68.3 Å². The van der Waals surface area contributed by atoms with Crippen molar-refractivity contribution in [3.63, 3.8) is 0 Å². The Morgan fingerprint density at radius 2 is 1.66 bits per heavy atom. The second kappa shape index (κ2) is 9.93. The number of carbonyl (C=O) groups excluding carboxylic acids is 2. The van der Waals surface area contributed by atoms with Gasteiger partial charge in [0.15, 0.2) is 6.61 Å². The molecule has 0 unspecified atom stereocenters. The largest absolute Gasteiger partial charge is 0.497 e. The van der Waals surface area contributed by atoms with E-state index in [1.54, 1.807) is 23.1 Å². The summed E-state index contributed by atoms with van der Waals surface area (Å²) in [7, 11) is 3.00. The van der Waals surface area contributed by atoms with E-state index >= 15 is 0 Å². The molecule has 0 saturated carbocycles. The monoisotopic (exact) mass is 398 g/mol. The number of ether oxygens (including phenoxy) is 3. The highest BCUT2D eigenvalue weighted by Crippen LogP contribution is 2.25. The number of methoxy groups -OCH3 is 2. The van der Waals surface area contributed by atoms with Gasteiger partial charge in [-0.2, -0.15) is 0 Å². The normalized spacial score (nSPS) is 14.3. The van der Waals surface area contributed by atoms with E-state index in [2.05, 4.69) is 17.0 Å². The molecule has 1 amide bonds. The van der Waals surface area contributed by atoms with Gasteiger partial charge in [0.25, 0.3) is 5.91 Å². The lowest BCUT2D eigenvalue weighted by atomic mass is 10.2. The molecule has 0 atom stereocenters. The lowest BCUT2D eigenvalue weighted by Crippen LogP contribution is -2.49. The summed E-state index contributed by atoms with van der Waals surface area (Å²) in [5.74, 6) is 0.130. The van der Waals surface area contributed by atoms with Crippen molar-refractivity contribution in [1.82, 2.24) is 9.80 Å². The smallest absolute Gasteiger partial charge is 0.342 e. The van der Waals surface area contributed by atoms with Crippen LogP contribution < -0.4 is 9.47 Å². The quantitative estimate of drug-likeness (QED) is 0.666. The first-order valence-corrected chi connectivity index (χ1v) is 9.54. The minimum atomic E-state index is -0.597. The summed E-state index contributed by atoms with van der Waals surface area (Å²) in [6, 6.07) is 15.1. The van der Waals surface area contributed by atoms with E-state index in [0.29, 0.717) is 24.6 Å². The first kappa shape index (κ1) is 20.7. The van der Waals surface area contributed by atoms with Crippen molar-refractivity contribution < 1.29 is 23.8 Å². The molecule has 1 fully saturated rings. The Morgan fingerprint density at radius 1 is 0.931 bits per heavy atom. The molecule has 7 heteroatoms. The molecule has 154 valence electrons. The van der Waals surface area contributed by atoms with Crippen LogP contribution in [0.4, 0.5) is 0 Å². The second-order valence-corrected chi connectivity index (χ2v) is 6.78. The molecular formula is C22H26N2O5. The highest BCUT2D eigenvalue weighted by atomic mass is 16.5. The SMILES string of the molecule is COc1ccc(C(=O)OCC(=O)N2CCN(Cc3ccccc3)CC2)c(OC)c1. The first-order chi connectivity index (χ1) is 14.1. The Morgan fingerprint density at radius 3 is 2.31 bits per heavy atom. The number of carbonyl (C=O) groups is 2. The zero-order chi connectivity index (χ0) is 20.6. The minimum absolute atomic E-state index is 0.190. The molecule has 2 aromatic rings. The van der Waals surface area contributed by atoms with Gasteiger partial charge in [-0.3, -0.25) is 9.69 Å². The van der Waals surface area contributed by atoms with Crippen LogP contribution >= 0.6 is 0 Å². The third-order valence-electron chi connectivity index (χ3n) is 4.93. The number of nitrogens with zero attached hydrogens (tertiary/aromatic N) is 2. The van der Waals surface area contributed by atoms with Crippen LogP contribution in [-0.2, 0) is 16.1 Å². The van der Waals surface area contributed by atoms with Crippen molar-refractivity contribution >= 4 is 11.9 Å². The average molecular weight is 398 g/mol. The zero-order valence-corrected chi connectivity index (χ0v) is 16.8. The average Bonchev–Trinajstić information content (AvgIpc) is 2.78. The summed E-state index contributed by atoms with van der Waals surface area (Å²) in [6.07, 6.45) is 0. The molecule has 29 heavy (non-hydrogen) atoms. The Labute approximate surface area is 170 Å². The molecule has 0 spiro atoms. The van der Waals surface area contributed by atoms with Gasteiger partial charge in [0.1, 0.15) is 17.1 Å². The first-order valence-electron chi connectivity index (χ1n) is 9.54. The number of hydrogen-bond donors (Lipinski definition) is 0. The summed E-state index contributed by atoms with van der Waals surface area (Å²) in [5.41, 5.74) is 1.52. The van der Waals surface area contributed by atoms with Gasteiger partial charge in [0, 0.05) is 38.8 Å². The van der Waals surface area contributed by atoms with Crippen LogP contribution in [0.2, 0.25) is 0 Å². The summed E-state index contributed by atoms with van der Waals surface area (Å²) < 4.78 is 15.5. The van der Waals surface area contributed by atoms with E-state index in [-0.39, 0.29) is 18.1 Å². The van der Waals surface area contributed by atoms with Gasteiger partial charge in [0.05, 0.1) is 14.2 Å². The van der Waals surface area contributed by atoms with E-state index in [0.717, 1.165) is 19.6 Å². The van der Waals surface area contributed by atoms with Gasteiger partial charge in [-0.1, -0.05) is 30.3 Å². The van der Waals surface area contributed by atoms with E-state index in [4.69, 9.17) is 14.2 Å². The molecular weight excluding hydrogens is 372 g/mol. The van der Waals surface area contributed by atoms with Crippen LogP contribution in [0.3, 0.4) is 0 Å². The summed E-state index contributed by atoms with van der Waals surface area (Å²) in [4.78, 5) is 28.8. The highest BCUT2D eigenvalue weighted by molar-refractivity contribution is 5.94. The number of esters is 1. The summed E-state index contributed by atoms with van der Waals surface area (Å²) >= 11 is 0. The zero-order valence-electron chi connectivity index (χ0n) is 16.8. The van der Waals surface area contributed by atoms with Gasteiger partial charge >= 0.3 is 5.97 Å². The second-order valence-electron chi connectivity index (χ2n) is 6.78. The molecule has 1 saturated heterocycles. The number of rotatable bonds is 7. The molecule has 0 radical (unpaired) electrons. The Kier molecular flexibility index (Phi) is 7.08. The lowest BCUT2D eigenvalue weighted by molar-refractivity contribution is -0.136. The molecule has 2 aromatic carbocycles. The van der Waals surface area contributed by atoms with Gasteiger partial charge < -0.3 is 19.1 Å². The molecule has 0 bridgehead atoms. The van der Waals surface area contributed by atoms with Crippen LogP contribution in [0.1, 0.15) is 15.9 Å². The van der Waals surface area contributed by atoms with Gasteiger partial charge in [0.2, 0.25) is 0 Å². The standard InChI is InChI=1S/C22H26N2O5/c1-27-18-8-9-19(20(14-18)28-2)22(26)29-16-21(25)24-12-10-23(11-13-24)15-17-6-4-3-5-7-17/h3-9,14H,10-13,15-16H2,1-2H3. The molecule has 0 N–H and O–H groups in total. The Hall–Kier alpha value is -3.06. The predicted octanol–water partition coefficient (Wildman–Crippen LogP) is 2.21. The summed E-state index contributed by atoms with van der Waals surface area (Å²) in [6.45, 7) is 3.41. The van der Waals surface area contributed by atoms with Crippen LogP contribution in [-0.4, -0.2) is 68.7 Å². The van der Waals surface area contributed by atoms with E-state index in [1.807, 2.05) is 18.2 Å². The van der Waals surface area contributed by atoms with Crippen LogP contribution in [0.25, 0.3) is 0 Å². The molecule has 0 aromatic heterocycles. The maximum absolute atomic E-state index is 12.4. The van der Waals surface area contributed by atoms with E-state index in [9.17, 15) is 9.59 Å². The fourth-order valence-corrected chi connectivity index (χ4v) is 3.26. The van der Waals surface area contributed by atoms with Crippen LogP contribution in [0.5, 0.6) is 11.5 Å². The van der Waals surface area contributed by atoms with Crippen LogP contribution in [0.15, 0.2) is 48.5 Å².